The number of ether oxygens (including phenoxy) is 1. The van der Waals surface area contributed by atoms with Gasteiger partial charge in [0.1, 0.15) is 0 Å². The molecule has 1 aromatic rings. The van der Waals surface area contributed by atoms with Gasteiger partial charge in [0.05, 0.1) is 5.69 Å². The maximum Gasteiger partial charge on any atom is 0.0574 e. The van der Waals surface area contributed by atoms with Crippen molar-refractivity contribution in [2.45, 2.75) is 32.2 Å². The first kappa shape index (κ1) is 11.6. The van der Waals surface area contributed by atoms with Gasteiger partial charge in [0.15, 0.2) is 0 Å². The topological polar surface area (TPSA) is 48.1 Å². The average Bonchev–Trinajstić information content (AvgIpc) is 2.30. The summed E-state index contributed by atoms with van der Waals surface area (Å²) < 4.78 is 5.35. The van der Waals surface area contributed by atoms with Gasteiger partial charge in [-0.2, -0.15) is 0 Å². The van der Waals surface area contributed by atoms with E-state index in [0.29, 0.717) is 5.92 Å². The molecule has 1 aromatic heterocycles. The Morgan fingerprint density at radius 1 is 1.44 bits per heavy atom. The molecule has 0 aromatic carbocycles. The number of hydrogen-bond donors (Lipinski definition) is 1. The first-order valence-corrected chi connectivity index (χ1v) is 6.02. The summed E-state index contributed by atoms with van der Waals surface area (Å²) in [5.74, 6) is 0.700. The lowest BCUT2D eigenvalue weighted by Crippen LogP contribution is -2.22. The number of aromatic nitrogens is 1. The Hall–Kier alpha value is -0.930. The lowest BCUT2D eigenvalue weighted by molar-refractivity contribution is 0.0617. The summed E-state index contributed by atoms with van der Waals surface area (Å²) >= 11 is 0. The van der Waals surface area contributed by atoms with Crippen molar-refractivity contribution >= 4 is 0 Å². The Labute approximate surface area is 97.0 Å². The molecule has 0 amide bonds. The number of rotatable bonds is 3. The van der Waals surface area contributed by atoms with Crippen LogP contribution in [0.3, 0.4) is 0 Å². The molecule has 0 bridgehead atoms. The van der Waals surface area contributed by atoms with Crippen molar-refractivity contribution in [3.05, 3.63) is 29.6 Å². The molecule has 0 aliphatic carbocycles. The van der Waals surface area contributed by atoms with Gasteiger partial charge >= 0.3 is 0 Å². The highest BCUT2D eigenvalue weighted by Crippen LogP contribution is 2.25. The normalized spacial score (nSPS) is 19.6. The van der Waals surface area contributed by atoms with E-state index in [1.807, 2.05) is 25.1 Å². The maximum absolute atomic E-state index is 6.19. The van der Waals surface area contributed by atoms with Crippen LogP contribution in [0.15, 0.2) is 18.2 Å². The van der Waals surface area contributed by atoms with Gasteiger partial charge in [-0.1, -0.05) is 6.07 Å². The minimum absolute atomic E-state index is 0.0722. The second-order valence-electron chi connectivity index (χ2n) is 4.60. The van der Waals surface area contributed by atoms with Gasteiger partial charge in [-0.05, 0) is 44.2 Å². The van der Waals surface area contributed by atoms with E-state index in [4.69, 9.17) is 10.5 Å². The van der Waals surface area contributed by atoms with Gasteiger partial charge in [-0.3, -0.25) is 4.98 Å². The van der Waals surface area contributed by atoms with E-state index in [2.05, 4.69) is 4.98 Å². The molecule has 1 atom stereocenters. The largest absolute Gasteiger partial charge is 0.381 e. The zero-order valence-corrected chi connectivity index (χ0v) is 9.86. The van der Waals surface area contributed by atoms with Crippen molar-refractivity contribution in [3.8, 4) is 0 Å². The monoisotopic (exact) mass is 220 g/mol. The predicted octanol–water partition coefficient (Wildman–Crippen LogP) is 2.21. The zero-order valence-electron chi connectivity index (χ0n) is 9.86. The summed E-state index contributed by atoms with van der Waals surface area (Å²) in [6, 6.07) is 6.13. The molecule has 1 fully saturated rings. The molecule has 1 aliphatic heterocycles. The van der Waals surface area contributed by atoms with Crippen LogP contribution in [0.25, 0.3) is 0 Å². The Balaban J connectivity index is 1.94. The highest BCUT2D eigenvalue weighted by atomic mass is 16.5. The summed E-state index contributed by atoms with van der Waals surface area (Å²) in [4.78, 5) is 4.48. The van der Waals surface area contributed by atoms with Crippen molar-refractivity contribution < 1.29 is 4.74 Å². The molecule has 1 aliphatic rings. The number of pyridine rings is 1. The van der Waals surface area contributed by atoms with Crippen LogP contribution in [0.5, 0.6) is 0 Å². The van der Waals surface area contributed by atoms with Gasteiger partial charge in [0.2, 0.25) is 0 Å². The van der Waals surface area contributed by atoms with Crippen molar-refractivity contribution in [2.24, 2.45) is 11.7 Å². The number of aryl methyl sites for hydroxylation is 1. The summed E-state index contributed by atoms with van der Waals surface area (Å²) in [6.45, 7) is 3.78. The molecule has 16 heavy (non-hydrogen) atoms. The number of nitrogens with zero attached hydrogens (tertiary/aromatic N) is 1. The van der Waals surface area contributed by atoms with Crippen molar-refractivity contribution in [1.82, 2.24) is 4.98 Å². The second-order valence-corrected chi connectivity index (χ2v) is 4.60. The van der Waals surface area contributed by atoms with Crippen LogP contribution in [0.4, 0.5) is 0 Å². The van der Waals surface area contributed by atoms with Gasteiger partial charge < -0.3 is 10.5 Å². The molecule has 88 valence electrons. The van der Waals surface area contributed by atoms with E-state index in [1.54, 1.807) is 0 Å². The summed E-state index contributed by atoms with van der Waals surface area (Å²) in [7, 11) is 0. The third-order valence-electron chi connectivity index (χ3n) is 3.22. The standard InChI is InChI=1S/C13H20N2O/c1-10-3-2-4-13(15-10)12(14)9-11-5-7-16-8-6-11/h2-4,11-12H,5-9,14H2,1H3. The van der Waals surface area contributed by atoms with Crippen LogP contribution in [0.1, 0.15) is 36.7 Å². The molecule has 1 unspecified atom stereocenters. The molecule has 0 saturated carbocycles. The Morgan fingerprint density at radius 3 is 2.88 bits per heavy atom. The third kappa shape index (κ3) is 3.03. The quantitative estimate of drug-likeness (QED) is 0.849. The van der Waals surface area contributed by atoms with E-state index in [1.165, 1.54) is 0 Å². The molecular weight excluding hydrogens is 200 g/mol. The van der Waals surface area contributed by atoms with Crippen molar-refractivity contribution in [3.63, 3.8) is 0 Å². The van der Waals surface area contributed by atoms with E-state index >= 15 is 0 Å². The van der Waals surface area contributed by atoms with E-state index in [9.17, 15) is 0 Å². The molecule has 1 saturated heterocycles. The third-order valence-corrected chi connectivity index (χ3v) is 3.22. The highest BCUT2D eigenvalue weighted by molar-refractivity contribution is 5.13. The molecule has 2 heterocycles. The van der Waals surface area contributed by atoms with E-state index < -0.39 is 0 Å². The fourth-order valence-corrected chi connectivity index (χ4v) is 2.23. The number of hydrogen-bond acceptors (Lipinski definition) is 3. The van der Waals surface area contributed by atoms with Crippen molar-refractivity contribution in [1.29, 1.82) is 0 Å². The number of nitrogens with two attached hydrogens (primary N) is 1. The van der Waals surface area contributed by atoms with Crippen LogP contribution >= 0.6 is 0 Å². The predicted molar refractivity (Wildman–Crippen MR) is 64.1 cm³/mol. The second kappa shape index (κ2) is 5.41. The molecule has 0 spiro atoms. The highest BCUT2D eigenvalue weighted by Gasteiger charge is 2.18. The van der Waals surface area contributed by atoms with Crippen LogP contribution in [-0.2, 0) is 4.74 Å². The molecule has 2 rings (SSSR count). The maximum atomic E-state index is 6.19. The van der Waals surface area contributed by atoms with Crippen LogP contribution < -0.4 is 5.73 Å². The molecule has 3 nitrogen and oxygen atoms in total. The van der Waals surface area contributed by atoms with Gasteiger partial charge in [-0.25, -0.2) is 0 Å². The molecular formula is C13H20N2O. The lowest BCUT2D eigenvalue weighted by Gasteiger charge is -2.24. The van der Waals surface area contributed by atoms with Gasteiger partial charge in [-0.15, -0.1) is 0 Å². The van der Waals surface area contributed by atoms with Crippen molar-refractivity contribution in [2.75, 3.05) is 13.2 Å². The smallest absolute Gasteiger partial charge is 0.0574 e. The average molecular weight is 220 g/mol. The zero-order chi connectivity index (χ0) is 11.4. The SMILES string of the molecule is Cc1cccc(C(N)CC2CCOCC2)n1. The molecule has 3 heteroatoms. The fraction of sp³-hybridized carbons (Fsp3) is 0.615. The molecule has 0 radical (unpaired) electrons. The van der Waals surface area contributed by atoms with Gasteiger partial charge in [0.25, 0.3) is 0 Å². The minimum Gasteiger partial charge on any atom is -0.381 e. The molecule has 2 N–H and O–H groups in total. The summed E-state index contributed by atoms with van der Waals surface area (Å²) in [6.07, 6.45) is 3.30. The first-order chi connectivity index (χ1) is 7.75. The fourth-order valence-electron chi connectivity index (χ4n) is 2.23. The first-order valence-electron chi connectivity index (χ1n) is 6.02. The van der Waals surface area contributed by atoms with Crippen LogP contribution in [-0.4, -0.2) is 18.2 Å². The lowest BCUT2D eigenvalue weighted by atomic mass is 9.91. The minimum atomic E-state index is 0.0722. The Morgan fingerprint density at radius 2 is 2.19 bits per heavy atom. The summed E-state index contributed by atoms with van der Waals surface area (Å²) in [5.41, 5.74) is 8.25. The van der Waals surface area contributed by atoms with Crippen LogP contribution in [0.2, 0.25) is 0 Å². The summed E-state index contributed by atoms with van der Waals surface area (Å²) in [5, 5.41) is 0. The van der Waals surface area contributed by atoms with E-state index in [-0.39, 0.29) is 6.04 Å². The van der Waals surface area contributed by atoms with Crippen LogP contribution in [0, 0.1) is 12.8 Å². The Bertz CT molecular complexity index is 334. The van der Waals surface area contributed by atoms with E-state index in [0.717, 1.165) is 43.9 Å². The van der Waals surface area contributed by atoms with Gasteiger partial charge in [0, 0.05) is 24.9 Å². The Kier molecular flexibility index (Phi) is 3.91.